The molecule has 0 saturated carbocycles. The van der Waals surface area contributed by atoms with Crippen LogP contribution in [0.15, 0.2) is 54.6 Å². The second kappa shape index (κ2) is 7.87. The fourth-order valence-corrected chi connectivity index (χ4v) is 1.66. The van der Waals surface area contributed by atoms with Gasteiger partial charge in [0, 0.05) is 6.42 Å². The number of carbonyl (C=O) groups is 1. The monoisotopic (exact) mass is 234 g/mol. The molecule has 1 aliphatic carbocycles. The fraction of sp³-hybridized carbons (Fsp3) is 0.200. The number of esters is 1. The molecule has 0 amide bonds. The van der Waals surface area contributed by atoms with E-state index in [4.69, 9.17) is 4.74 Å². The standard InChI is InChI=1S/C15H15O2.Li/c16-15(14-9-5-2-6-10-14)17-12-11-13-7-3-1-4-8-13;/h1-9H,10-12H2;/q-1;+1. The zero-order chi connectivity index (χ0) is 11.9. The second-order valence-corrected chi connectivity index (χ2v) is 3.89. The van der Waals surface area contributed by atoms with Crippen LogP contribution in [-0.2, 0) is 16.0 Å². The van der Waals surface area contributed by atoms with Crippen molar-refractivity contribution < 1.29 is 28.4 Å². The molecule has 0 heterocycles. The third-order valence-electron chi connectivity index (χ3n) is 2.61. The second-order valence-electron chi connectivity index (χ2n) is 3.89. The van der Waals surface area contributed by atoms with E-state index in [0.717, 1.165) is 12.3 Å². The smallest absolute Gasteiger partial charge is 0.475 e. The molecular formula is C15H15LiO2. The molecule has 0 aromatic heterocycles. The van der Waals surface area contributed by atoms with E-state index in [0.29, 0.717) is 13.0 Å². The number of benzene rings is 1. The van der Waals surface area contributed by atoms with Gasteiger partial charge < -0.3 is 4.74 Å². The van der Waals surface area contributed by atoms with Crippen molar-refractivity contribution in [3.63, 3.8) is 0 Å². The average molecular weight is 234 g/mol. The molecule has 0 atom stereocenters. The van der Waals surface area contributed by atoms with E-state index in [2.05, 4.69) is 0 Å². The molecule has 3 heteroatoms. The zero-order valence-electron chi connectivity index (χ0n) is 10.6. The van der Waals surface area contributed by atoms with E-state index in [1.54, 1.807) is 0 Å². The summed E-state index contributed by atoms with van der Waals surface area (Å²) in [5.74, 6) is 0.516. The van der Waals surface area contributed by atoms with Crippen LogP contribution >= 0.6 is 0 Å². The Hall–Kier alpha value is -1.36. The molecule has 18 heavy (non-hydrogen) atoms. The van der Waals surface area contributed by atoms with E-state index in [-0.39, 0.29) is 24.8 Å². The topological polar surface area (TPSA) is 26.3 Å². The summed E-state index contributed by atoms with van der Waals surface area (Å²) in [4.78, 5) is 11.6. The van der Waals surface area contributed by atoms with Crippen molar-refractivity contribution in [3.8, 4) is 0 Å². The maximum Gasteiger partial charge on any atom is 1.00 e. The van der Waals surface area contributed by atoms with Gasteiger partial charge >= 0.3 is 18.9 Å². The summed E-state index contributed by atoms with van der Waals surface area (Å²) in [5, 5.41) is 0. The molecule has 0 radical (unpaired) electrons. The Balaban J connectivity index is 0.00000162. The van der Waals surface area contributed by atoms with Crippen LogP contribution < -0.4 is 18.9 Å². The van der Waals surface area contributed by atoms with E-state index >= 15 is 0 Å². The Morgan fingerprint density at radius 1 is 1.22 bits per heavy atom. The van der Waals surface area contributed by atoms with E-state index in [9.17, 15) is 4.79 Å². The molecule has 2 nitrogen and oxygen atoms in total. The van der Waals surface area contributed by atoms with Gasteiger partial charge in [0.05, 0.1) is 6.61 Å². The Morgan fingerprint density at radius 3 is 2.67 bits per heavy atom. The summed E-state index contributed by atoms with van der Waals surface area (Å²) in [7, 11) is 0. The van der Waals surface area contributed by atoms with E-state index in [1.165, 1.54) is 5.56 Å². The maximum atomic E-state index is 11.6. The summed E-state index contributed by atoms with van der Waals surface area (Å²) < 4.78 is 5.22. The maximum absolute atomic E-state index is 11.6. The van der Waals surface area contributed by atoms with Crippen LogP contribution in [0.5, 0.6) is 0 Å². The van der Waals surface area contributed by atoms with Crippen molar-refractivity contribution in [2.24, 2.45) is 0 Å². The van der Waals surface area contributed by atoms with Gasteiger partial charge in [0.1, 0.15) is 0 Å². The normalized spacial score (nSPS) is 13.0. The minimum Gasteiger partial charge on any atom is -0.475 e. The Bertz CT molecular complexity index is 423. The number of rotatable bonds is 4. The molecule has 1 aromatic carbocycles. The molecule has 0 fully saturated rings. The minimum absolute atomic E-state index is 0. The van der Waals surface area contributed by atoms with Crippen molar-refractivity contribution in [1.29, 1.82) is 0 Å². The summed E-state index contributed by atoms with van der Waals surface area (Å²) in [6.07, 6.45) is 8.98. The quantitative estimate of drug-likeness (QED) is 0.412. The number of allylic oxidation sites excluding steroid dienone is 3. The third kappa shape index (κ3) is 4.48. The predicted molar refractivity (Wildman–Crippen MR) is 67.2 cm³/mol. The molecular weight excluding hydrogens is 219 g/mol. The van der Waals surface area contributed by atoms with E-state index in [1.807, 2.05) is 54.6 Å². The molecule has 1 aliphatic rings. The number of carbonyl (C=O) groups excluding carboxylic acids is 1. The van der Waals surface area contributed by atoms with Gasteiger partial charge in [-0.15, -0.1) is 18.1 Å². The van der Waals surface area contributed by atoms with Gasteiger partial charge in [0.2, 0.25) is 0 Å². The summed E-state index contributed by atoms with van der Waals surface area (Å²) in [5.41, 5.74) is 1.18. The molecule has 0 aliphatic heterocycles. The van der Waals surface area contributed by atoms with Gasteiger partial charge in [0.25, 0.3) is 5.97 Å². The van der Waals surface area contributed by atoms with Crippen LogP contribution in [0, 0.1) is 5.92 Å². The first kappa shape index (κ1) is 14.7. The third-order valence-corrected chi connectivity index (χ3v) is 2.61. The van der Waals surface area contributed by atoms with Crippen molar-refractivity contribution in [3.05, 3.63) is 66.1 Å². The SMILES string of the molecule is O=C(OCCc1ccccc1)[C-]1C=CC=CC1.[Li+]. The molecule has 0 bridgehead atoms. The molecule has 0 spiro atoms. The van der Waals surface area contributed by atoms with Gasteiger partial charge in [-0.3, -0.25) is 4.79 Å². The van der Waals surface area contributed by atoms with Crippen LogP contribution in [0.1, 0.15) is 12.0 Å². The van der Waals surface area contributed by atoms with Crippen molar-refractivity contribution in [2.45, 2.75) is 12.8 Å². The minimum atomic E-state index is -0.207. The van der Waals surface area contributed by atoms with Crippen molar-refractivity contribution in [2.75, 3.05) is 6.61 Å². The number of ether oxygens (including phenoxy) is 1. The first-order valence-electron chi connectivity index (χ1n) is 5.76. The Kier molecular flexibility index (Phi) is 6.42. The Morgan fingerprint density at radius 2 is 2.00 bits per heavy atom. The number of hydrogen-bond donors (Lipinski definition) is 0. The van der Waals surface area contributed by atoms with Crippen LogP contribution in [0.3, 0.4) is 0 Å². The molecule has 0 saturated heterocycles. The van der Waals surface area contributed by atoms with Crippen LogP contribution in [0.25, 0.3) is 0 Å². The van der Waals surface area contributed by atoms with Gasteiger partial charge in [-0.1, -0.05) is 36.8 Å². The van der Waals surface area contributed by atoms with E-state index < -0.39 is 0 Å². The van der Waals surface area contributed by atoms with Crippen molar-refractivity contribution in [1.82, 2.24) is 0 Å². The van der Waals surface area contributed by atoms with Crippen LogP contribution in [0.2, 0.25) is 0 Å². The average Bonchev–Trinajstić information content (AvgIpc) is 2.41. The molecule has 2 rings (SSSR count). The zero-order valence-corrected chi connectivity index (χ0v) is 10.6. The molecule has 88 valence electrons. The largest absolute Gasteiger partial charge is 1.00 e. The summed E-state index contributed by atoms with van der Waals surface area (Å²) >= 11 is 0. The summed E-state index contributed by atoms with van der Waals surface area (Å²) in [6, 6.07) is 10.0. The predicted octanol–water partition coefficient (Wildman–Crippen LogP) is -0.133. The van der Waals surface area contributed by atoms with Gasteiger partial charge in [-0.25, -0.2) is 12.2 Å². The summed E-state index contributed by atoms with van der Waals surface area (Å²) in [6.45, 7) is 0.434. The Labute approximate surface area is 120 Å². The molecule has 1 aromatic rings. The van der Waals surface area contributed by atoms with Gasteiger partial charge in [-0.2, -0.15) is 0 Å². The van der Waals surface area contributed by atoms with Crippen molar-refractivity contribution >= 4 is 5.97 Å². The fourth-order valence-electron chi connectivity index (χ4n) is 1.66. The van der Waals surface area contributed by atoms with Gasteiger partial charge in [-0.05, 0) is 5.56 Å². The van der Waals surface area contributed by atoms with Gasteiger partial charge in [0.15, 0.2) is 0 Å². The van der Waals surface area contributed by atoms with Crippen LogP contribution in [0.4, 0.5) is 0 Å². The molecule has 0 unspecified atom stereocenters. The van der Waals surface area contributed by atoms with Crippen LogP contribution in [-0.4, -0.2) is 12.6 Å². The first-order chi connectivity index (χ1) is 8.36. The number of hydrogen-bond acceptors (Lipinski definition) is 2. The molecule has 0 N–H and O–H groups in total. The first-order valence-corrected chi connectivity index (χ1v) is 5.76.